The summed E-state index contributed by atoms with van der Waals surface area (Å²) >= 11 is 0. The Labute approximate surface area is 109 Å². The predicted octanol–water partition coefficient (Wildman–Crippen LogP) is 1.64. The highest BCUT2D eigenvalue weighted by atomic mass is 16.5. The van der Waals surface area contributed by atoms with Crippen molar-refractivity contribution < 1.29 is 9.84 Å². The van der Waals surface area contributed by atoms with Crippen LogP contribution in [0.4, 0.5) is 0 Å². The summed E-state index contributed by atoms with van der Waals surface area (Å²) in [6, 6.07) is 5.63. The fourth-order valence-corrected chi connectivity index (χ4v) is 2.28. The molecule has 2 N–H and O–H groups in total. The van der Waals surface area contributed by atoms with Gasteiger partial charge in [0.15, 0.2) is 0 Å². The van der Waals surface area contributed by atoms with Crippen LogP contribution in [0.5, 0.6) is 11.6 Å². The Balaban J connectivity index is 2.10. The second-order valence-corrected chi connectivity index (χ2v) is 4.49. The number of hydrogen-bond acceptors (Lipinski definition) is 4. The molecule has 2 heterocycles. The fourth-order valence-electron chi connectivity index (χ4n) is 2.28. The van der Waals surface area contributed by atoms with Crippen LogP contribution in [0.1, 0.15) is 18.1 Å². The van der Waals surface area contributed by atoms with Crippen LogP contribution >= 0.6 is 0 Å². The molecule has 0 atom stereocenters. The Morgan fingerprint density at radius 2 is 2.32 bits per heavy atom. The third kappa shape index (κ3) is 1.97. The summed E-state index contributed by atoms with van der Waals surface area (Å²) in [6.07, 6.45) is 1.30. The van der Waals surface area contributed by atoms with E-state index in [2.05, 4.69) is 9.97 Å². The predicted molar refractivity (Wildman–Crippen MR) is 70.5 cm³/mol. The van der Waals surface area contributed by atoms with E-state index in [1.807, 2.05) is 18.2 Å². The smallest absolute Gasteiger partial charge is 0.258 e. The molecule has 0 bridgehead atoms. The summed E-state index contributed by atoms with van der Waals surface area (Å²) in [5, 5.41) is 9.77. The van der Waals surface area contributed by atoms with E-state index in [9.17, 15) is 9.90 Å². The lowest BCUT2D eigenvalue weighted by molar-refractivity contribution is 0.357. The number of aromatic nitrogens is 2. The molecule has 0 saturated heterocycles. The number of hydrogen-bond donors (Lipinski definition) is 2. The van der Waals surface area contributed by atoms with Crippen LogP contribution in [0.15, 0.2) is 23.0 Å². The third-order valence-electron chi connectivity index (χ3n) is 3.31. The van der Waals surface area contributed by atoms with Crippen LogP contribution in [0.3, 0.4) is 0 Å². The van der Waals surface area contributed by atoms with Crippen molar-refractivity contribution in [3.63, 3.8) is 0 Å². The number of rotatable bonds is 2. The van der Waals surface area contributed by atoms with Gasteiger partial charge in [-0.25, -0.2) is 0 Å². The van der Waals surface area contributed by atoms with Gasteiger partial charge in [0, 0.05) is 12.0 Å². The number of ether oxygens (including phenoxy) is 1. The van der Waals surface area contributed by atoms with Crippen LogP contribution < -0.4 is 10.3 Å². The van der Waals surface area contributed by atoms with Crippen LogP contribution in [0.25, 0.3) is 11.4 Å². The Morgan fingerprint density at radius 1 is 1.47 bits per heavy atom. The van der Waals surface area contributed by atoms with Crippen LogP contribution in [-0.2, 0) is 12.8 Å². The summed E-state index contributed by atoms with van der Waals surface area (Å²) in [4.78, 5) is 18.6. The first-order chi connectivity index (χ1) is 9.19. The summed E-state index contributed by atoms with van der Waals surface area (Å²) in [6.45, 7) is 2.49. The molecule has 0 saturated carbocycles. The van der Waals surface area contributed by atoms with Gasteiger partial charge in [0.2, 0.25) is 5.88 Å². The van der Waals surface area contributed by atoms with E-state index in [1.54, 1.807) is 6.92 Å². The number of aromatic amines is 1. The lowest BCUT2D eigenvalue weighted by Gasteiger charge is -2.06. The minimum atomic E-state index is -0.290. The van der Waals surface area contributed by atoms with E-state index in [1.165, 1.54) is 0 Å². The molecule has 1 aromatic heterocycles. The summed E-state index contributed by atoms with van der Waals surface area (Å²) in [7, 11) is 0. The van der Waals surface area contributed by atoms with E-state index in [0.717, 1.165) is 23.3 Å². The number of nitrogens with zero attached hydrogens (tertiary/aromatic N) is 1. The van der Waals surface area contributed by atoms with Crippen LogP contribution in [-0.4, -0.2) is 21.7 Å². The van der Waals surface area contributed by atoms with Gasteiger partial charge < -0.3 is 14.8 Å². The first kappa shape index (κ1) is 11.8. The molecule has 0 amide bonds. The van der Waals surface area contributed by atoms with Gasteiger partial charge in [-0.05, 0) is 30.2 Å². The Bertz CT molecular complexity index is 692. The SMILES string of the molecule is CCc1c(O)nc(-c2ccc3c(c2)CCO3)[nH]c1=O. The van der Waals surface area contributed by atoms with Crippen molar-refractivity contribution >= 4 is 0 Å². The van der Waals surface area contributed by atoms with Crippen molar-refractivity contribution in [1.82, 2.24) is 9.97 Å². The molecule has 1 aliphatic heterocycles. The van der Waals surface area contributed by atoms with E-state index in [4.69, 9.17) is 4.74 Å². The molecule has 0 spiro atoms. The van der Waals surface area contributed by atoms with Gasteiger partial charge in [0.1, 0.15) is 11.6 Å². The normalized spacial score (nSPS) is 13.1. The Morgan fingerprint density at radius 3 is 3.05 bits per heavy atom. The number of aromatic hydroxyl groups is 1. The minimum Gasteiger partial charge on any atom is -0.493 e. The zero-order valence-corrected chi connectivity index (χ0v) is 10.6. The molecular weight excluding hydrogens is 244 g/mol. The number of H-pyrrole nitrogens is 1. The maximum atomic E-state index is 11.8. The van der Waals surface area contributed by atoms with Gasteiger partial charge in [0.05, 0.1) is 12.2 Å². The van der Waals surface area contributed by atoms with E-state index < -0.39 is 0 Å². The first-order valence-electron chi connectivity index (χ1n) is 6.27. The molecule has 5 heteroatoms. The molecule has 19 heavy (non-hydrogen) atoms. The lowest BCUT2D eigenvalue weighted by Crippen LogP contribution is -2.14. The highest BCUT2D eigenvalue weighted by Crippen LogP contribution is 2.29. The largest absolute Gasteiger partial charge is 0.493 e. The molecule has 5 nitrogen and oxygen atoms in total. The average molecular weight is 258 g/mol. The van der Waals surface area contributed by atoms with E-state index >= 15 is 0 Å². The van der Waals surface area contributed by atoms with Crippen molar-refractivity contribution in [3.8, 4) is 23.0 Å². The van der Waals surface area contributed by atoms with E-state index in [0.29, 0.717) is 24.4 Å². The zero-order valence-electron chi connectivity index (χ0n) is 10.6. The summed E-state index contributed by atoms with van der Waals surface area (Å²) < 4.78 is 5.43. The Hall–Kier alpha value is -2.30. The van der Waals surface area contributed by atoms with Crippen molar-refractivity contribution in [2.24, 2.45) is 0 Å². The molecule has 0 unspecified atom stereocenters. The molecular formula is C14H14N2O3. The number of fused-ring (bicyclic) bond motifs is 1. The van der Waals surface area contributed by atoms with Gasteiger partial charge >= 0.3 is 0 Å². The topological polar surface area (TPSA) is 75.2 Å². The average Bonchev–Trinajstić information content (AvgIpc) is 2.85. The number of nitrogens with one attached hydrogen (secondary N) is 1. The quantitative estimate of drug-likeness (QED) is 0.858. The van der Waals surface area contributed by atoms with Gasteiger partial charge in [-0.1, -0.05) is 6.92 Å². The molecule has 2 aromatic rings. The zero-order chi connectivity index (χ0) is 13.4. The molecule has 3 rings (SSSR count). The molecule has 1 aliphatic rings. The maximum Gasteiger partial charge on any atom is 0.258 e. The van der Waals surface area contributed by atoms with E-state index in [-0.39, 0.29) is 11.4 Å². The van der Waals surface area contributed by atoms with Gasteiger partial charge in [-0.3, -0.25) is 4.79 Å². The lowest BCUT2D eigenvalue weighted by atomic mass is 10.1. The van der Waals surface area contributed by atoms with Crippen molar-refractivity contribution in [3.05, 3.63) is 39.7 Å². The minimum absolute atomic E-state index is 0.196. The summed E-state index contributed by atoms with van der Waals surface area (Å²) in [5.74, 6) is 1.06. The maximum absolute atomic E-state index is 11.8. The highest BCUT2D eigenvalue weighted by molar-refractivity contribution is 5.60. The third-order valence-corrected chi connectivity index (χ3v) is 3.31. The summed E-state index contributed by atoms with van der Waals surface area (Å²) in [5.41, 5.74) is 1.90. The van der Waals surface area contributed by atoms with Crippen molar-refractivity contribution in [2.75, 3.05) is 6.61 Å². The standard InChI is InChI=1S/C14H14N2O3/c1-2-10-13(17)15-12(16-14(10)18)9-3-4-11-8(7-9)5-6-19-11/h3-4,7H,2,5-6H2,1H3,(H2,15,16,17,18). The fraction of sp³-hybridized carbons (Fsp3) is 0.286. The number of benzene rings is 1. The van der Waals surface area contributed by atoms with Crippen molar-refractivity contribution in [1.29, 1.82) is 0 Å². The molecule has 0 aliphatic carbocycles. The molecule has 0 fully saturated rings. The first-order valence-corrected chi connectivity index (χ1v) is 6.27. The van der Waals surface area contributed by atoms with Crippen molar-refractivity contribution in [2.45, 2.75) is 19.8 Å². The van der Waals surface area contributed by atoms with Gasteiger partial charge in [-0.15, -0.1) is 0 Å². The highest BCUT2D eigenvalue weighted by Gasteiger charge is 2.15. The Kier molecular flexibility index (Phi) is 2.74. The van der Waals surface area contributed by atoms with Gasteiger partial charge in [0.25, 0.3) is 5.56 Å². The van der Waals surface area contributed by atoms with Gasteiger partial charge in [-0.2, -0.15) is 4.98 Å². The molecule has 1 aromatic carbocycles. The second kappa shape index (κ2) is 4.42. The van der Waals surface area contributed by atoms with Crippen LogP contribution in [0, 0.1) is 0 Å². The molecule has 98 valence electrons. The van der Waals surface area contributed by atoms with Crippen LogP contribution in [0.2, 0.25) is 0 Å². The molecule has 0 radical (unpaired) electrons. The second-order valence-electron chi connectivity index (χ2n) is 4.49. The monoisotopic (exact) mass is 258 g/mol.